The fourth-order valence-electron chi connectivity index (χ4n) is 1.42. The third-order valence-corrected chi connectivity index (χ3v) is 3.10. The molecule has 0 atom stereocenters. The van der Waals surface area contributed by atoms with Crippen molar-refractivity contribution in [3.8, 4) is 5.75 Å². The lowest BCUT2D eigenvalue weighted by Crippen LogP contribution is -2.21. The van der Waals surface area contributed by atoms with Gasteiger partial charge in [-0.2, -0.15) is 11.8 Å². The molecule has 0 heterocycles. The number of hydrogen-bond acceptors (Lipinski definition) is 3. The molecule has 1 N–H and O–H groups in total. The molecule has 0 aliphatic rings. The van der Waals surface area contributed by atoms with Gasteiger partial charge in [0.2, 0.25) is 0 Å². The Labute approximate surface area is 109 Å². The molecule has 2 nitrogen and oxygen atoms in total. The van der Waals surface area contributed by atoms with Gasteiger partial charge >= 0.3 is 0 Å². The lowest BCUT2D eigenvalue weighted by molar-refractivity contribution is 0.318. The van der Waals surface area contributed by atoms with Gasteiger partial charge in [-0.3, -0.25) is 0 Å². The molecule has 0 aliphatic heterocycles. The molecular formula is C14H23NOS. The van der Waals surface area contributed by atoms with E-state index in [1.807, 2.05) is 11.8 Å². The van der Waals surface area contributed by atoms with Gasteiger partial charge < -0.3 is 10.1 Å². The molecule has 3 heteroatoms. The van der Waals surface area contributed by atoms with Crippen LogP contribution in [0.25, 0.3) is 0 Å². The normalized spacial score (nSPS) is 10.8. The van der Waals surface area contributed by atoms with Gasteiger partial charge in [-0.15, -0.1) is 0 Å². The second-order valence-corrected chi connectivity index (χ2v) is 5.36. The number of ether oxygens (including phenoxy) is 1. The third-order valence-electron chi connectivity index (χ3n) is 2.40. The van der Waals surface area contributed by atoms with E-state index < -0.39 is 0 Å². The summed E-state index contributed by atoms with van der Waals surface area (Å²) in [6.45, 7) is 6.04. The Hall–Kier alpha value is -0.670. The molecular weight excluding hydrogens is 230 g/mol. The topological polar surface area (TPSA) is 21.3 Å². The Bertz CT molecular complexity index is 298. The standard InChI is InChI=1S/C14H23NOS/c1-12(2)15-11-13-5-7-14(8-6-13)16-9-4-10-17-3/h5-8,12,15H,4,9-11H2,1-3H3. The van der Waals surface area contributed by atoms with E-state index in [1.54, 1.807) is 0 Å². The first-order chi connectivity index (χ1) is 8.22. The lowest BCUT2D eigenvalue weighted by Gasteiger charge is -2.09. The molecule has 96 valence electrons. The highest BCUT2D eigenvalue weighted by atomic mass is 32.2. The van der Waals surface area contributed by atoms with Crippen LogP contribution in [-0.4, -0.2) is 24.7 Å². The number of nitrogens with one attached hydrogen (secondary N) is 1. The van der Waals surface area contributed by atoms with E-state index in [2.05, 4.69) is 49.7 Å². The molecule has 0 bridgehead atoms. The number of benzene rings is 1. The average Bonchev–Trinajstić information content (AvgIpc) is 2.33. The summed E-state index contributed by atoms with van der Waals surface area (Å²) < 4.78 is 5.65. The summed E-state index contributed by atoms with van der Waals surface area (Å²) in [7, 11) is 0. The Kier molecular flexibility index (Phi) is 7.13. The first-order valence-electron chi connectivity index (χ1n) is 6.16. The van der Waals surface area contributed by atoms with Crippen molar-refractivity contribution >= 4 is 11.8 Å². The van der Waals surface area contributed by atoms with Crippen LogP contribution >= 0.6 is 11.8 Å². The minimum Gasteiger partial charge on any atom is -0.494 e. The van der Waals surface area contributed by atoms with Crippen molar-refractivity contribution < 1.29 is 4.74 Å². The number of hydrogen-bond donors (Lipinski definition) is 1. The van der Waals surface area contributed by atoms with E-state index in [1.165, 1.54) is 5.56 Å². The Morgan fingerprint density at radius 2 is 1.94 bits per heavy atom. The number of rotatable bonds is 8. The maximum absolute atomic E-state index is 5.65. The van der Waals surface area contributed by atoms with Crippen molar-refractivity contribution in [3.63, 3.8) is 0 Å². The Morgan fingerprint density at radius 1 is 1.24 bits per heavy atom. The van der Waals surface area contributed by atoms with Gasteiger partial charge in [0.15, 0.2) is 0 Å². The summed E-state index contributed by atoms with van der Waals surface area (Å²) in [4.78, 5) is 0. The minimum absolute atomic E-state index is 0.525. The highest BCUT2D eigenvalue weighted by Crippen LogP contribution is 2.12. The van der Waals surface area contributed by atoms with Crippen LogP contribution in [0.15, 0.2) is 24.3 Å². The lowest BCUT2D eigenvalue weighted by atomic mass is 10.2. The van der Waals surface area contributed by atoms with Crippen LogP contribution in [-0.2, 0) is 6.54 Å². The van der Waals surface area contributed by atoms with Gasteiger partial charge in [-0.1, -0.05) is 26.0 Å². The van der Waals surface area contributed by atoms with Crippen molar-refractivity contribution in [2.24, 2.45) is 0 Å². The first-order valence-corrected chi connectivity index (χ1v) is 7.56. The Balaban J connectivity index is 2.29. The molecule has 1 rings (SSSR count). The van der Waals surface area contributed by atoms with Crippen LogP contribution in [0.1, 0.15) is 25.8 Å². The first kappa shape index (κ1) is 14.4. The second-order valence-electron chi connectivity index (χ2n) is 4.37. The zero-order chi connectivity index (χ0) is 12.5. The average molecular weight is 253 g/mol. The molecule has 0 saturated heterocycles. The van der Waals surface area contributed by atoms with Crippen LogP contribution in [0.5, 0.6) is 5.75 Å². The van der Waals surface area contributed by atoms with Gasteiger partial charge in [-0.25, -0.2) is 0 Å². The van der Waals surface area contributed by atoms with Crippen molar-refractivity contribution in [3.05, 3.63) is 29.8 Å². The van der Waals surface area contributed by atoms with E-state index in [9.17, 15) is 0 Å². The van der Waals surface area contributed by atoms with Crippen molar-refractivity contribution in [1.82, 2.24) is 5.32 Å². The predicted molar refractivity (Wildman–Crippen MR) is 76.9 cm³/mol. The molecule has 1 aromatic rings. The SMILES string of the molecule is CSCCCOc1ccc(CNC(C)C)cc1. The van der Waals surface area contributed by atoms with Gasteiger partial charge in [0, 0.05) is 12.6 Å². The maximum atomic E-state index is 5.65. The molecule has 1 aromatic carbocycles. The highest BCUT2D eigenvalue weighted by Gasteiger charge is 1.97. The zero-order valence-electron chi connectivity index (χ0n) is 11.0. The summed E-state index contributed by atoms with van der Waals surface area (Å²) in [5.74, 6) is 2.13. The molecule has 0 amide bonds. The summed E-state index contributed by atoms with van der Waals surface area (Å²) >= 11 is 1.86. The minimum atomic E-state index is 0.525. The largest absolute Gasteiger partial charge is 0.494 e. The van der Waals surface area contributed by atoms with E-state index in [0.717, 1.165) is 31.1 Å². The summed E-state index contributed by atoms with van der Waals surface area (Å²) in [6, 6.07) is 8.88. The van der Waals surface area contributed by atoms with E-state index in [4.69, 9.17) is 4.74 Å². The molecule has 0 aliphatic carbocycles. The van der Waals surface area contributed by atoms with E-state index >= 15 is 0 Å². The predicted octanol–water partition coefficient (Wildman–Crippen LogP) is 3.32. The quantitative estimate of drug-likeness (QED) is 0.718. The van der Waals surface area contributed by atoms with E-state index in [-0.39, 0.29) is 0 Å². The summed E-state index contributed by atoms with van der Waals surface area (Å²) in [5.41, 5.74) is 1.30. The summed E-state index contributed by atoms with van der Waals surface area (Å²) in [6.07, 6.45) is 3.23. The molecule has 0 spiro atoms. The molecule has 0 saturated carbocycles. The van der Waals surface area contributed by atoms with Crippen molar-refractivity contribution in [2.45, 2.75) is 32.9 Å². The molecule has 0 radical (unpaired) electrons. The Morgan fingerprint density at radius 3 is 2.53 bits per heavy atom. The molecule has 0 fully saturated rings. The monoisotopic (exact) mass is 253 g/mol. The van der Waals surface area contributed by atoms with Gasteiger partial charge in [0.05, 0.1) is 6.61 Å². The maximum Gasteiger partial charge on any atom is 0.119 e. The van der Waals surface area contributed by atoms with Crippen molar-refractivity contribution in [2.75, 3.05) is 18.6 Å². The van der Waals surface area contributed by atoms with Crippen LogP contribution < -0.4 is 10.1 Å². The van der Waals surface area contributed by atoms with E-state index in [0.29, 0.717) is 6.04 Å². The van der Waals surface area contributed by atoms with Crippen LogP contribution in [0, 0.1) is 0 Å². The van der Waals surface area contributed by atoms with Gasteiger partial charge in [0.25, 0.3) is 0 Å². The second kappa shape index (κ2) is 8.43. The molecule has 0 unspecified atom stereocenters. The van der Waals surface area contributed by atoms with Crippen LogP contribution in [0.2, 0.25) is 0 Å². The molecule has 0 aromatic heterocycles. The molecule has 17 heavy (non-hydrogen) atoms. The third kappa shape index (κ3) is 6.59. The fraction of sp³-hybridized carbons (Fsp3) is 0.571. The van der Waals surface area contributed by atoms with Crippen LogP contribution in [0.4, 0.5) is 0 Å². The van der Waals surface area contributed by atoms with Crippen molar-refractivity contribution in [1.29, 1.82) is 0 Å². The highest BCUT2D eigenvalue weighted by molar-refractivity contribution is 7.98. The zero-order valence-corrected chi connectivity index (χ0v) is 11.8. The van der Waals surface area contributed by atoms with Gasteiger partial charge in [0.1, 0.15) is 5.75 Å². The summed E-state index contributed by atoms with van der Waals surface area (Å²) in [5, 5.41) is 3.40. The van der Waals surface area contributed by atoms with Gasteiger partial charge in [-0.05, 0) is 36.1 Å². The smallest absolute Gasteiger partial charge is 0.119 e. The fourth-order valence-corrected chi connectivity index (χ4v) is 1.83. The van der Waals surface area contributed by atoms with Crippen LogP contribution in [0.3, 0.4) is 0 Å². The number of thioether (sulfide) groups is 1.